The lowest BCUT2D eigenvalue weighted by Crippen LogP contribution is -2.21. The Hall–Kier alpha value is -1.33. The minimum atomic E-state index is -1.64. The van der Waals surface area contributed by atoms with Crippen molar-refractivity contribution in [1.82, 2.24) is 0 Å². The molecule has 2 aromatic rings. The topological polar surface area (TPSA) is 130 Å². The highest BCUT2D eigenvalue weighted by Gasteiger charge is 2.24. The quantitative estimate of drug-likeness (QED) is 0.368. The van der Waals surface area contributed by atoms with Crippen molar-refractivity contribution in [2.24, 2.45) is 10.3 Å². The molecular weight excluding hydrogens is 463 g/mol. The number of hydrogen-bond acceptors (Lipinski definition) is 6. The zero-order chi connectivity index (χ0) is 26.2. The highest BCUT2D eigenvalue weighted by molar-refractivity contribution is 7.97. The van der Waals surface area contributed by atoms with E-state index in [1.807, 2.05) is 20.8 Å². The Morgan fingerprint density at radius 3 is 1.67 bits per heavy atom. The van der Waals surface area contributed by atoms with Gasteiger partial charge in [0.05, 0.1) is 21.7 Å². The standard InChI is InChI=1S/C12H19NO3S.C10H14FNOS.C2H6/c1-11(2,14)8-5-9(12(3,4)15)7-10(6-8)17(13)16;1-3-10(2,13)7-4-8(11)6-9(5-7)14-12;1-2/h5-7,14-15H,13H2,1-4H3;4-6,13H,3,12H2,1-2H3;1-2H3. The molecule has 0 amide bonds. The molecule has 188 valence electrons. The van der Waals surface area contributed by atoms with Crippen LogP contribution in [0, 0.1) is 5.82 Å². The zero-order valence-corrected chi connectivity index (χ0v) is 22.4. The van der Waals surface area contributed by atoms with Crippen molar-refractivity contribution in [1.29, 1.82) is 0 Å². The SMILES string of the molecule is CC.CC(C)(O)c1cc(S(N)=O)cc(C(C)(C)O)c1.CCC(C)(O)c1cc(F)cc(SN)c1. The van der Waals surface area contributed by atoms with E-state index in [-0.39, 0.29) is 5.82 Å². The van der Waals surface area contributed by atoms with Gasteiger partial charge in [-0.2, -0.15) is 0 Å². The van der Waals surface area contributed by atoms with Crippen LogP contribution in [-0.4, -0.2) is 19.5 Å². The van der Waals surface area contributed by atoms with Crippen LogP contribution in [-0.2, 0) is 27.8 Å². The van der Waals surface area contributed by atoms with Crippen molar-refractivity contribution in [2.45, 2.75) is 88.4 Å². The second-order valence-electron chi connectivity index (χ2n) is 8.58. The molecular formula is C24H39FN2O4S2. The molecule has 9 heteroatoms. The molecule has 2 atom stereocenters. The minimum Gasteiger partial charge on any atom is -0.386 e. The lowest BCUT2D eigenvalue weighted by Gasteiger charge is -2.24. The molecule has 2 unspecified atom stereocenters. The number of halogens is 1. The molecule has 0 radical (unpaired) electrons. The van der Waals surface area contributed by atoms with E-state index >= 15 is 0 Å². The van der Waals surface area contributed by atoms with E-state index in [0.29, 0.717) is 32.9 Å². The third-order valence-electron chi connectivity index (χ3n) is 4.87. The minimum absolute atomic E-state index is 0.371. The van der Waals surface area contributed by atoms with E-state index in [1.165, 1.54) is 12.1 Å². The van der Waals surface area contributed by atoms with Crippen LogP contribution >= 0.6 is 11.9 Å². The van der Waals surface area contributed by atoms with Crippen molar-refractivity contribution in [2.75, 3.05) is 0 Å². The predicted octanol–water partition coefficient (Wildman–Crippen LogP) is 4.56. The average Bonchev–Trinajstić information content (AvgIpc) is 2.73. The summed E-state index contributed by atoms with van der Waals surface area (Å²) in [6.45, 7) is 14.0. The van der Waals surface area contributed by atoms with E-state index in [1.54, 1.807) is 58.9 Å². The number of aliphatic hydroxyl groups is 3. The monoisotopic (exact) mass is 502 g/mol. The first-order chi connectivity index (χ1) is 15.0. The highest BCUT2D eigenvalue weighted by atomic mass is 32.2. The molecule has 33 heavy (non-hydrogen) atoms. The summed E-state index contributed by atoms with van der Waals surface area (Å²) in [4.78, 5) is 1.01. The number of benzene rings is 2. The molecule has 0 fully saturated rings. The third kappa shape index (κ3) is 10.2. The summed E-state index contributed by atoms with van der Waals surface area (Å²) < 4.78 is 24.4. The number of rotatable bonds is 6. The van der Waals surface area contributed by atoms with E-state index in [4.69, 9.17) is 10.3 Å². The lowest BCUT2D eigenvalue weighted by molar-refractivity contribution is 0.0525. The van der Waals surface area contributed by atoms with Crippen LogP contribution in [0.5, 0.6) is 0 Å². The molecule has 0 aliphatic carbocycles. The molecule has 0 aromatic heterocycles. The molecule has 0 saturated carbocycles. The van der Waals surface area contributed by atoms with E-state index in [2.05, 4.69) is 0 Å². The maximum Gasteiger partial charge on any atom is 0.124 e. The summed E-state index contributed by atoms with van der Waals surface area (Å²) >= 11 is 0.973. The highest BCUT2D eigenvalue weighted by Crippen LogP contribution is 2.29. The van der Waals surface area contributed by atoms with Gasteiger partial charge in [-0.15, -0.1) is 0 Å². The summed E-state index contributed by atoms with van der Waals surface area (Å²) in [5.41, 5.74) is -1.43. The van der Waals surface area contributed by atoms with Gasteiger partial charge in [0, 0.05) is 4.90 Å². The molecule has 0 saturated heterocycles. The van der Waals surface area contributed by atoms with Gasteiger partial charge in [-0.3, -0.25) is 5.14 Å². The van der Waals surface area contributed by atoms with Gasteiger partial charge >= 0.3 is 0 Å². The van der Waals surface area contributed by atoms with Gasteiger partial charge in [0.1, 0.15) is 16.8 Å². The van der Waals surface area contributed by atoms with Crippen LogP contribution in [0.3, 0.4) is 0 Å². The Labute approximate surface area is 204 Å². The van der Waals surface area contributed by atoms with E-state index in [0.717, 1.165) is 11.9 Å². The molecule has 2 rings (SSSR count). The van der Waals surface area contributed by atoms with Crippen LogP contribution in [0.25, 0.3) is 0 Å². The average molecular weight is 503 g/mol. The van der Waals surface area contributed by atoms with Crippen molar-refractivity contribution in [3.05, 3.63) is 58.9 Å². The lowest BCUT2D eigenvalue weighted by atomic mass is 9.91. The Morgan fingerprint density at radius 1 is 0.879 bits per heavy atom. The second-order valence-corrected chi connectivity index (χ2v) is 10.4. The maximum absolute atomic E-state index is 13.1. The number of hydrogen-bond donors (Lipinski definition) is 5. The molecule has 7 N–H and O–H groups in total. The van der Waals surface area contributed by atoms with Crippen molar-refractivity contribution in [3.63, 3.8) is 0 Å². The summed E-state index contributed by atoms with van der Waals surface area (Å²) in [7, 11) is -1.64. The summed E-state index contributed by atoms with van der Waals surface area (Å²) in [5, 5.41) is 40.5. The zero-order valence-electron chi connectivity index (χ0n) is 20.8. The van der Waals surface area contributed by atoms with Crippen LogP contribution in [0.2, 0.25) is 0 Å². The summed E-state index contributed by atoms with van der Waals surface area (Å²) in [5.74, 6) is -0.371. The first-order valence-corrected chi connectivity index (χ1v) is 12.8. The molecule has 0 aliphatic rings. The van der Waals surface area contributed by atoms with Crippen LogP contribution in [0.15, 0.2) is 46.2 Å². The predicted molar refractivity (Wildman–Crippen MR) is 135 cm³/mol. The van der Waals surface area contributed by atoms with Crippen LogP contribution < -0.4 is 10.3 Å². The maximum atomic E-state index is 13.1. The van der Waals surface area contributed by atoms with Crippen LogP contribution in [0.4, 0.5) is 4.39 Å². The molecule has 0 spiro atoms. The van der Waals surface area contributed by atoms with Crippen molar-refractivity contribution < 1.29 is 23.9 Å². The first kappa shape index (κ1) is 31.7. The Bertz CT molecular complexity index is 891. The molecule has 0 aliphatic heterocycles. The smallest absolute Gasteiger partial charge is 0.124 e. The normalized spacial score (nSPS) is 14.2. The fourth-order valence-electron chi connectivity index (χ4n) is 2.57. The van der Waals surface area contributed by atoms with Gasteiger partial charge in [-0.05, 0) is 100 Å². The molecule has 0 heterocycles. The van der Waals surface area contributed by atoms with Crippen molar-refractivity contribution >= 4 is 22.9 Å². The van der Waals surface area contributed by atoms with Crippen LogP contribution in [0.1, 0.15) is 78.5 Å². The third-order valence-corrected chi connectivity index (χ3v) is 6.08. The Morgan fingerprint density at radius 2 is 1.33 bits per heavy atom. The molecule has 0 bridgehead atoms. The van der Waals surface area contributed by atoms with Gasteiger partial charge in [-0.25, -0.2) is 13.7 Å². The van der Waals surface area contributed by atoms with Gasteiger partial charge in [0.15, 0.2) is 0 Å². The summed E-state index contributed by atoms with van der Waals surface area (Å²) in [6.07, 6.45) is 0.533. The second kappa shape index (κ2) is 12.9. The van der Waals surface area contributed by atoms with E-state index < -0.39 is 27.8 Å². The fourth-order valence-corrected chi connectivity index (χ4v) is 3.43. The van der Waals surface area contributed by atoms with Gasteiger partial charge < -0.3 is 15.3 Å². The Balaban J connectivity index is 0.000000586. The number of nitrogens with two attached hydrogens (primary N) is 2. The molecule has 2 aromatic carbocycles. The Kier molecular flexibility index (Phi) is 12.4. The van der Waals surface area contributed by atoms with Crippen molar-refractivity contribution in [3.8, 4) is 0 Å². The fraction of sp³-hybridized carbons (Fsp3) is 0.500. The summed E-state index contributed by atoms with van der Waals surface area (Å²) in [6, 6.07) is 9.26. The molecule has 6 nitrogen and oxygen atoms in total. The van der Waals surface area contributed by atoms with E-state index in [9.17, 15) is 23.9 Å². The largest absolute Gasteiger partial charge is 0.386 e. The first-order valence-electron chi connectivity index (χ1n) is 10.7. The van der Waals surface area contributed by atoms with Gasteiger partial charge in [-0.1, -0.05) is 26.8 Å². The van der Waals surface area contributed by atoms with Gasteiger partial charge in [0.25, 0.3) is 0 Å². The van der Waals surface area contributed by atoms with Gasteiger partial charge in [0.2, 0.25) is 0 Å².